The molecule has 0 aliphatic rings. The number of benzene rings is 2. The van der Waals surface area contributed by atoms with Gasteiger partial charge in [-0.25, -0.2) is 0 Å². The van der Waals surface area contributed by atoms with Crippen molar-refractivity contribution in [3.8, 4) is 0 Å². The van der Waals surface area contributed by atoms with Crippen molar-refractivity contribution in [2.24, 2.45) is 0 Å². The molecule has 2 aromatic carbocycles. The molecule has 2 amide bonds. The molecule has 33 heavy (non-hydrogen) atoms. The summed E-state index contributed by atoms with van der Waals surface area (Å²) < 4.78 is 41.4. The van der Waals surface area contributed by atoms with Crippen LogP contribution in [0.1, 0.15) is 27.4 Å². The molecular weight excluding hydrogens is 568 g/mol. The normalized spacial score (nSPS) is 12.5. The molecule has 4 nitrogen and oxygen atoms in total. The Balaban J connectivity index is 2.21. The number of carbonyl (C=O) groups is 2. The number of halogens is 7. The van der Waals surface area contributed by atoms with Crippen LogP contribution in [-0.4, -0.2) is 31.1 Å². The van der Waals surface area contributed by atoms with Gasteiger partial charge in [0, 0.05) is 11.0 Å². The first-order valence-corrected chi connectivity index (χ1v) is 11.2. The van der Waals surface area contributed by atoms with Crippen LogP contribution < -0.4 is 10.6 Å². The fourth-order valence-corrected chi connectivity index (χ4v) is 3.88. The van der Waals surface area contributed by atoms with E-state index in [1.54, 1.807) is 0 Å². The fraction of sp³-hybridized carbons (Fsp3) is 0.182. The zero-order valence-corrected chi connectivity index (χ0v) is 20.6. The third-order valence-corrected chi connectivity index (χ3v) is 6.14. The molecular formula is C22H17BrCl3F3N2O2. The van der Waals surface area contributed by atoms with Crippen LogP contribution in [0.4, 0.5) is 13.2 Å². The van der Waals surface area contributed by atoms with E-state index in [9.17, 15) is 22.8 Å². The van der Waals surface area contributed by atoms with Crippen LogP contribution in [0.25, 0.3) is 6.08 Å². The molecule has 0 bridgehead atoms. The van der Waals surface area contributed by atoms with Crippen LogP contribution in [0.5, 0.6) is 0 Å². The molecule has 11 heteroatoms. The number of nitrogens with one attached hydrogen (secondary N) is 2. The SMILES string of the molecule is C=CCNC(=O)CNC(=O)c1ccc(/C=C/C(c2cc(Cl)c(Cl)c(Cl)c2)C(F)(F)F)cc1Br. The van der Waals surface area contributed by atoms with Crippen molar-refractivity contribution in [2.45, 2.75) is 12.1 Å². The lowest BCUT2D eigenvalue weighted by Gasteiger charge is -2.18. The Kier molecular flexibility index (Phi) is 9.84. The Bertz CT molecular complexity index is 1070. The lowest BCUT2D eigenvalue weighted by atomic mass is 9.97. The molecule has 0 saturated carbocycles. The molecule has 0 aromatic heterocycles. The van der Waals surface area contributed by atoms with E-state index in [0.717, 1.165) is 18.2 Å². The average molecular weight is 585 g/mol. The second-order valence-corrected chi connectivity index (χ2v) is 8.74. The third kappa shape index (κ3) is 7.78. The summed E-state index contributed by atoms with van der Waals surface area (Å²) >= 11 is 20.8. The molecule has 2 aromatic rings. The predicted octanol–water partition coefficient (Wildman–Crippen LogP) is 6.80. The molecule has 0 radical (unpaired) electrons. The molecule has 0 aliphatic heterocycles. The summed E-state index contributed by atoms with van der Waals surface area (Å²) in [6, 6.07) is 6.63. The Morgan fingerprint density at radius 1 is 1.09 bits per heavy atom. The highest BCUT2D eigenvalue weighted by Crippen LogP contribution is 2.41. The predicted molar refractivity (Wildman–Crippen MR) is 129 cm³/mol. The highest BCUT2D eigenvalue weighted by molar-refractivity contribution is 9.10. The summed E-state index contributed by atoms with van der Waals surface area (Å²) in [4.78, 5) is 23.9. The van der Waals surface area contributed by atoms with Gasteiger partial charge in [-0.1, -0.05) is 59.1 Å². The number of amides is 2. The van der Waals surface area contributed by atoms with Crippen LogP contribution in [0.3, 0.4) is 0 Å². The Morgan fingerprint density at radius 2 is 1.73 bits per heavy atom. The summed E-state index contributed by atoms with van der Waals surface area (Å²) in [6.07, 6.45) is -0.882. The Morgan fingerprint density at radius 3 is 2.27 bits per heavy atom. The second-order valence-electron chi connectivity index (χ2n) is 6.69. The number of hydrogen-bond donors (Lipinski definition) is 2. The fourth-order valence-electron chi connectivity index (χ4n) is 2.69. The minimum absolute atomic E-state index is 0.0250. The topological polar surface area (TPSA) is 58.2 Å². The van der Waals surface area contributed by atoms with Crippen molar-refractivity contribution in [3.63, 3.8) is 0 Å². The molecule has 0 heterocycles. The van der Waals surface area contributed by atoms with Gasteiger partial charge in [-0.05, 0) is 51.3 Å². The average Bonchev–Trinajstić information content (AvgIpc) is 2.73. The molecule has 0 aliphatic carbocycles. The maximum atomic E-state index is 13.7. The summed E-state index contributed by atoms with van der Waals surface area (Å²) in [7, 11) is 0. The van der Waals surface area contributed by atoms with Gasteiger partial charge in [0.15, 0.2) is 0 Å². The van der Waals surface area contributed by atoms with Gasteiger partial charge in [-0.15, -0.1) is 6.58 Å². The molecule has 1 unspecified atom stereocenters. The first-order chi connectivity index (χ1) is 15.4. The van der Waals surface area contributed by atoms with E-state index in [1.165, 1.54) is 30.4 Å². The van der Waals surface area contributed by atoms with Crippen molar-refractivity contribution in [3.05, 3.63) is 85.3 Å². The highest BCUT2D eigenvalue weighted by atomic mass is 79.9. The first-order valence-electron chi connectivity index (χ1n) is 9.28. The second kappa shape index (κ2) is 11.9. The van der Waals surface area contributed by atoms with Gasteiger partial charge in [0.05, 0.1) is 33.1 Å². The molecule has 1 atom stereocenters. The van der Waals surface area contributed by atoms with Gasteiger partial charge >= 0.3 is 6.18 Å². The molecule has 0 fully saturated rings. The van der Waals surface area contributed by atoms with Crippen molar-refractivity contribution < 1.29 is 22.8 Å². The number of rotatable bonds is 8. The Labute approximate surface area is 211 Å². The molecule has 0 spiro atoms. The van der Waals surface area contributed by atoms with Crippen LogP contribution in [0.2, 0.25) is 15.1 Å². The molecule has 176 valence electrons. The van der Waals surface area contributed by atoms with E-state index < -0.39 is 18.0 Å². The summed E-state index contributed by atoms with van der Waals surface area (Å²) in [5.74, 6) is -2.90. The first kappa shape index (κ1) is 27.2. The van der Waals surface area contributed by atoms with E-state index in [4.69, 9.17) is 34.8 Å². The largest absolute Gasteiger partial charge is 0.399 e. The van der Waals surface area contributed by atoms with Crippen molar-refractivity contribution in [2.75, 3.05) is 13.1 Å². The van der Waals surface area contributed by atoms with E-state index in [-0.39, 0.29) is 45.2 Å². The van der Waals surface area contributed by atoms with Crippen molar-refractivity contribution in [1.82, 2.24) is 10.6 Å². The zero-order chi connectivity index (χ0) is 24.8. The minimum Gasteiger partial charge on any atom is -0.351 e. The van der Waals surface area contributed by atoms with Crippen LogP contribution >= 0.6 is 50.7 Å². The number of alkyl halides is 3. The monoisotopic (exact) mass is 582 g/mol. The van der Waals surface area contributed by atoms with Crippen LogP contribution in [-0.2, 0) is 4.79 Å². The lowest BCUT2D eigenvalue weighted by molar-refractivity contribution is -0.139. The van der Waals surface area contributed by atoms with Gasteiger partial charge in [-0.3, -0.25) is 9.59 Å². The van der Waals surface area contributed by atoms with Gasteiger partial charge in [0.1, 0.15) is 0 Å². The number of allylic oxidation sites excluding steroid dienone is 1. The van der Waals surface area contributed by atoms with Crippen LogP contribution in [0, 0.1) is 0 Å². The maximum Gasteiger partial charge on any atom is 0.399 e. The number of carbonyl (C=O) groups excluding carboxylic acids is 2. The summed E-state index contributed by atoms with van der Waals surface area (Å²) in [5, 5.41) is 4.78. The maximum absolute atomic E-state index is 13.7. The quantitative estimate of drug-likeness (QED) is 0.265. The van der Waals surface area contributed by atoms with Gasteiger partial charge in [0.25, 0.3) is 5.91 Å². The summed E-state index contributed by atoms with van der Waals surface area (Å²) in [6.45, 7) is 3.50. The molecule has 2 rings (SSSR count). The lowest BCUT2D eigenvalue weighted by Crippen LogP contribution is -2.37. The van der Waals surface area contributed by atoms with E-state index >= 15 is 0 Å². The van der Waals surface area contributed by atoms with Crippen molar-refractivity contribution >= 4 is 68.6 Å². The van der Waals surface area contributed by atoms with Crippen LogP contribution in [0.15, 0.2) is 53.5 Å². The van der Waals surface area contributed by atoms with E-state index in [2.05, 4.69) is 33.1 Å². The zero-order valence-electron chi connectivity index (χ0n) is 16.8. The van der Waals surface area contributed by atoms with E-state index in [0.29, 0.717) is 10.0 Å². The minimum atomic E-state index is -4.61. The van der Waals surface area contributed by atoms with Gasteiger partial charge < -0.3 is 10.6 Å². The number of hydrogen-bond acceptors (Lipinski definition) is 2. The Hall–Kier alpha value is -2.00. The van der Waals surface area contributed by atoms with Crippen molar-refractivity contribution in [1.29, 1.82) is 0 Å². The standard InChI is InChI=1S/C22H17BrCl3F3N2O2/c1-2-7-30-19(32)11-31-21(33)14-5-3-12(8-16(14)23)4-6-15(22(27,28)29)13-9-17(24)20(26)18(25)10-13/h2-6,8-10,15H,1,7,11H2,(H,30,32)(H,31,33)/b6-4+. The molecule has 2 N–H and O–H groups in total. The van der Waals surface area contributed by atoms with Gasteiger partial charge in [0.2, 0.25) is 5.91 Å². The van der Waals surface area contributed by atoms with Gasteiger partial charge in [-0.2, -0.15) is 13.2 Å². The molecule has 0 saturated heterocycles. The highest BCUT2D eigenvalue weighted by Gasteiger charge is 2.39. The summed E-state index contributed by atoms with van der Waals surface area (Å²) in [5.41, 5.74) is 0.456. The third-order valence-electron chi connectivity index (χ3n) is 4.29. The smallest absolute Gasteiger partial charge is 0.351 e. The van der Waals surface area contributed by atoms with E-state index in [1.807, 2.05) is 0 Å².